The molecule has 2 heterocycles. The van der Waals surface area contributed by atoms with E-state index in [2.05, 4.69) is 31.9 Å². The van der Waals surface area contributed by atoms with Gasteiger partial charge in [0, 0.05) is 55.7 Å². The molecule has 150 valence electrons. The number of rotatable bonds is 6. The summed E-state index contributed by atoms with van der Waals surface area (Å²) in [5, 5.41) is 2.90. The molecule has 2 N–H and O–H groups in total. The van der Waals surface area contributed by atoms with Crippen molar-refractivity contribution >= 4 is 27.4 Å². The summed E-state index contributed by atoms with van der Waals surface area (Å²) in [6, 6.07) is 10.2. The van der Waals surface area contributed by atoms with Crippen LogP contribution in [-0.4, -0.2) is 63.7 Å². The Balaban J connectivity index is 1.68. The van der Waals surface area contributed by atoms with Crippen LogP contribution in [-0.2, 0) is 16.6 Å². The monoisotopic (exact) mass is 403 g/mol. The lowest BCUT2D eigenvalue weighted by molar-refractivity contribution is 0.0951. The second-order valence-corrected chi connectivity index (χ2v) is 8.66. The number of sulfonamides is 1. The maximum Gasteiger partial charge on any atom is 0.251 e. The van der Waals surface area contributed by atoms with Crippen LogP contribution in [0.1, 0.15) is 15.9 Å². The number of amides is 1. The maximum atomic E-state index is 12.5. The summed E-state index contributed by atoms with van der Waals surface area (Å²) in [5.41, 5.74) is 1.69. The molecule has 1 aromatic carbocycles. The van der Waals surface area contributed by atoms with Crippen LogP contribution >= 0.6 is 0 Å². The van der Waals surface area contributed by atoms with Crippen LogP contribution in [0.15, 0.2) is 42.6 Å². The van der Waals surface area contributed by atoms with Gasteiger partial charge in [0.15, 0.2) is 0 Å². The Bertz CT molecular complexity index is 940. The van der Waals surface area contributed by atoms with Gasteiger partial charge in [0.25, 0.3) is 5.91 Å². The van der Waals surface area contributed by atoms with Crippen molar-refractivity contribution in [2.45, 2.75) is 6.54 Å². The van der Waals surface area contributed by atoms with Crippen molar-refractivity contribution in [3.05, 3.63) is 53.7 Å². The van der Waals surface area contributed by atoms with Gasteiger partial charge in [0.05, 0.1) is 6.26 Å². The lowest BCUT2D eigenvalue weighted by atomic mass is 10.1. The second-order valence-electron chi connectivity index (χ2n) is 6.91. The molecule has 1 aliphatic rings. The van der Waals surface area contributed by atoms with E-state index >= 15 is 0 Å². The summed E-state index contributed by atoms with van der Waals surface area (Å²) < 4.78 is 25.1. The summed E-state index contributed by atoms with van der Waals surface area (Å²) in [5.74, 6) is 0.619. The number of piperazine rings is 1. The Kier molecular flexibility index (Phi) is 6.15. The van der Waals surface area contributed by atoms with Crippen molar-refractivity contribution in [3.8, 4) is 0 Å². The summed E-state index contributed by atoms with van der Waals surface area (Å²) in [6.45, 7) is 4.09. The largest absolute Gasteiger partial charge is 0.354 e. The van der Waals surface area contributed by atoms with E-state index in [1.54, 1.807) is 24.4 Å². The van der Waals surface area contributed by atoms with E-state index in [-0.39, 0.29) is 5.91 Å². The minimum absolute atomic E-state index is 0.273. The van der Waals surface area contributed by atoms with Crippen molar-refractivity contribution in [2.75, 3.05) is 49.1 Å². The Labute approximate surface area is 165 Å². The van der Waals surface area contributed by atoms with E-state index in [1.807, 2.05) is 12.1 Å². The van der Waals surface area contributed by atoms with Crippen molar-refractivity contribution in [1.82, 2.24) is 15.2 Å². The molecular formula is C19H25N5O3S. The Morgan fingerprint density at radius 3 is 2.61 bits per heavy atom. The molecule has 1 aliphatic heterocycles. The SMILES string of the molecule is CN1CCN(c2ncccc2CNC(=O)c2cccc(NS(C)(=O)=O)c2)CC1. The smallest absolute Gasteiger partial charge is 0.251 e. The lowest BCUT2D eigenvalue weighted by Gasteiger charge is -2.34. The third-order valence-corrected chi connectivity index (χ3v) is 5.14. The number of pyridine rings is 1. The predicted octanol–water partition coefficient (Wildman–Crippen LogP) is 1.13. The van der Waals surface area contributed by atoms with E-state index in [0.717, 1.165) is 43.8 Å². The van der Waals surface area contributed by atoms with Gasteiger partial charge < -0.3 is 15.1 Å². The number of nitrogens with one attached hydrogen (secondary N) is 2. The number of aromatic nitrogens is 1. The maximum absolute atomic E-state index is 12.5. The van der Waals surface area contributed by atoms with Gasteiger partial charge in [-0.3, -0.25) is 9.52 Å². The summed E-state index contributed by atoms with van der Waals surface area (Å²) >= 11 is 0. The van der Waals surface area contributed by atoms with Gasteiger partial charge in [0.2, 0.25) is 10.0 Å². The van der Waals surface area contributed by atoms with Crippen molar-refractivity contribution in [1.29, 1.82) is 0 Å². The van der Waals surface area contributed by atoms with Gasteiger partial charge in [-0.15, -0.1) is 0 Å². The third-order valence-electron chi connectivity index (χ3n) is 4.54. The molecule has 0 spiro atoms. The van der Waals surface area contributed by atoms with Gasteiger partial charge >= 0.3 is 0 Å². The van der Waals surface area contributed by atoms with E-state index < -0.39 is 10.0 Å². The van der Waals surface area contributed by atoms with Crippen LogP contribution in [0, 0.1) is 0 Å². The molecule has 1 saturated heterocycles. The summed E-state index contributed by atoms with van der Waals surface area (Å²) in [4.78, 5) is 21.6. The molecule has 0 saturated carbocycles. The Hall–Kier alpha value is -2.65. The van der Waals surface area contributed by atoms with E-state index in [9.17, 15) is 13.2 Å². The molecule has 0 unspecified atom stereocenters. The Morgan fingerprint density at radius 2 is 1.89 bits per heavy atom. The number of likely N-dealkylation sites (N-methyl/N-ethyl adjacent to an activating group) is 1. The molecular weight excluding hydrogens is 378 g/mol. The molecule has 0 aliphatic carbocycles. The van der Waals surface area contributed by atoms with E-state index in [1.165, 1.54) is 6.07 Å². The zero-order chi connectivity index (χ0) is 20.1. The number of benzene rings is 1. The highest BCUT2D eigenvalue weighted by Crippen LogP contribution is 2.19. The fraction of sp³-hybridized carbons (Fsp3) is 0.368. The molecule has 3 rings (SSSR count). The molecule has 8 nitrogen and oxygen atoms in total. The van der Waals surface area contributed by atoms with Crippen LogP contribution in [0.4, 0.5) is 11.5 Å². The molecule has 28 heavy (non-hydrogen) atoms. The number of nitrogens with zero attached hydrogens (tertiary/aromatic N) is 3. The first-order valence-corrected chi connectivity index (χ1v) is 10.9. The fourth-order valence-electron chi connectivity index (χ4n) is 3.09. The number of hydrogen-bond acceptors (Lipinski definition) is 6. The number of carbonyl (C=O) groups excluding carboxylic acids is 1. The molecule has 9 heteroatoms. The Morgan fingerprint density at radius 1 is 1.14 bits per heavy atom. The van der Waals surface area contributed by atoms with Crippen LogP contribution in [0.3, 0.4) is 0 Å². The second kappa shape index (κ2) is 8.57. The van der Waals surface area contributed by atoms with Gasteiger partial charge in [0.1, 0.15) is 5.82 Å². The van der Waals surface area contributed by atoms with Gasteiger partial charge in [-0.1, -0.05) is 12.1 Å². The highest BCUT2D eigenvalue weighted by Gasteiger charge is 2.18. The quantitative estimate of drug-likeness (QED) is 0.751. The summed E-state index contributed by atoms with van der Waals surface area (Å²) in [7, 11) is -1.29. The van der Waals surface area contributed by atoms with Gasteiger partial charge in [-0.25, -0.2) is 13.4 Å². The summed E-state index contributed by atoms with van der Waals surface area (Å²) in [6.07, 6.45) is 2.83. The third kappa shape index (κ3) is 5.43. The topological polar surface area (TPSA) is 94.6 Å². The average molecular weight is 404 g/mol. The molecule has 1 fully saturated rings. The predicted molar refractivity (Wildman–Crippen MR) is 110 cm³/mol. The average Bonchev–Trinajstić information content (AvgIpc) is 2.66. The minimum atomic E-state index is -3.40. The zero-order valence-corrected chi connectivity index (χ0v) is 16.9. The lowest BCUT2D eigenvalue weighted by Crippen LogP contribution is -2.45. The van der Waals surface area contributed by atoms with Crippen LogP contribution < -0.4 is 14.9 Å². The first-order valence-electron chi connectivity index (χ1n) is 9.05. The molecule has 2 aromatic rings. The van der Waals surface area contributed by atoms with Crippen molar-refractivity contribution in [2.24, 2.45) is 0 Å². The van der Waals surface area contributed by atoms with Gasteiger partial charge in [-0.2, -0.15) is 0 Å². The zero-order valence-electron chi connectivity index (χ0n) is 16.1. The first kappa shape index (κ1) is 20.1. The molecule has 0 radical (unpaired) electrons. The molecule has 1 amide bonds. The highest BCUT2D eigenvalue weighted by atomic mass is 32.2. The van der Waals surface area contributed by atoms with Crippen molar-refractivity contribution in [3.63, 3.8) is 0 Å². The highest BCUT2D eigenvalue weighted by molar-refractivity contribution is 7.92. The van der Waals surface area contributed by atoms with Crippen LogP contribution in [0.25, 0.3) is 0 Å². The van der Waals surface area contributed by atoms with Gasteiger partial charge in [-0.05, 0) is 31.3 Å². The normalized spacial score (nSPS) is 15.3. The number of carbonyl (C=O) groups is 1. The minimum Gasteiger partial charge on any atom is -0.354 e. The first-order chi connectivity index (χ1) is 13.3. The van der Waals surface area contributed by atoms with Crippen LogP contribution in [0.2, 0.25) is 0 Å². The number of anilines is 2. The molecule has 0 atom stereocenters. The standard InChI is InChI=1S/C19H25N5O3S/c1-23-9-11-24(12-10-23)18-16(6-4-8-20-18)14-21-19(25)15-5-3-7-17(13-15)22-28(2,26)27/h3-8,13,22H,9-12,14H2,1-2H3,(H,21,25). The van der Waals surface area contributed by atoms with Crippen molar-refractivity contribution < 1.29 is 13.2 Å². The molecule has 0 bridgehead atoms. The van der Waals surface area contributed by atoms with Crippen LogP contribution in [0.5, 0.6) is 0 Å². The number of hydrogen-bond donors (Lipinski definition) is 2. The van der Waals surface area contributed by atoms with E-state index in [0.29, 0.717) is 17.8 Å². The molecule has 1 aromatic heterocycles. The van der Waals surface area contributed by atoms with E-state index in [4.69, 9.17) is 0 Å². The fourth-order valence-corrected chi connectivity index (χ4v) is 3.64.